The van der Waals surface area contributed by atoms with Crippen molar-refractivity contribution in [2.45, 2.75) is 19.4 Å². The third kappa shape index (κ3) is 1.96. The number of rotatable bonds is 3. The maximum Gasteiger partial charge on any atom is 0.347 e. The van der Waals surface area contributed by atoms with Gasteiger partial charge in [0.15, 0.2) is 6.10 Å². The molecule has 1 aromatic rings. The van der Waals surface area contributed by atoms with E-state index in [-0.39, 0.29) is 5.97 Å². The molecule has 4 heteroatoms. The maximum absolute atomic E-state index is 11.3. The largest absolute Gasteiger partial charge is 0.494 e. The van der Waals surface area contributed by atoms with Crippen LogP contribution in [0.3, 0.4) is 0 Å². The van der Waals surface area contributed by atoms with Crippen LogP contribution in [-0.4, -0.2) is 25.8 Å². The fourth-order valence-corrected chi connectivity index (χ4v) is 1.73. The van der Waals surface area contributed by atoms with Crippen molar-refractivity contribution in [3.05, 3.63) is 23.8 Å². The molecule has 1 aromatic carbocycles. The Labute approximate surface area is 94.1 Å². The van der Waals surface area contributed by atoms with E-state index in [0.717, 1.165) is 11.3 Å². The minimum Gasteiger partial charge on any atom is -0.494 e. The first-order valence-corrected chi connectivity index (χ1v) is 5.24. The number of carbonyl (C=O) groups is 1. The first kappa shape index (κ1) is 10.8. The molecule has 1 aliphatic rings. The zero-order chi connectivity index (χ0) is 11.5. The number of hydrogen-bond acceptors (Lipinski definition) is 4. The van der Waals surface area contributed by atoms with E-state index in [4.69, 9.17) is 9.47 Å². The molecular formula is C12H14O4. The molecule has 1 aliphatic heterocycles. The highest BCUT2D eigenvalue weighted by Gasteiger charge is 2.29. The molecule has 0 N–H and O–H groups in total. The van der Waals surface area contributed by atoms with Crippen LogP contribution in [0.2, 0.25) is 0 Å². The molecular weight excluding hydrogens is 208 g/mol. The predicted molar refractivity (Wildman–Crippen MR) is 57.7 cm³/mol. The molecule has 1 unspecified atom stereocenters. The van der Waals surface area contributed by atoms with Crippen LogP contribution in [0.5, 0.6) is 11.5 Å². The van der Waals surface area contributed by atoms with Gasteiger partial charge >= 0.3 is 5.97 Å². The van der Waals surface area contributed by atoms with Gasteiger partial charge in [0.1, 0.15) is 11.5 Å². The fraction of sp³-hybridized carbons (Fsp3) is 0.417. The first-order chi connectivity index (χ1) is 7.74. The molecule has 4 nitrogen and oxygen atoms in total. The maximum atomic E-state index is 11.3. The summed E-state index contributed by atoms with van der Waals surface area (Å²) in [5, 5.41) is 0. The highest BCUT2D eigenvalue weighted by atomic mass is 16.6. The smallest absolute Gasteiger partial charge is 0.347 e. The highest BCUT2D eigenvalue weighted by Crippen LogP contribution is 2.32. The van der Waals surface area contributed by atoms with Gasteiger partial charge in [-0.1, -0.05) is 6.07 Å². The van der Waals surface area contributed by atoms with Crippen LogP contribution in [0.1, 0.15) is 12.5 Å². The Morgan fingerprint density at radius 1 is 1.56 bits per heavy atom. The molecule has 16 heavy (non-hydrogen) atoms. The van der Waals surface area contributed by atoms with Crippen LogP contribution >= 0.6 is 0 Å². The van der Waals surface area contributed by atoms with E-state index in [0.29, 0.717) is 18.8 Å². The van der Waals surface area contributed by atoms with Crippen LogP contribution in [-0.2, 0) is 16.0 Å². The predicted octanol–water partition coefficient (Wildman–Crippen LogP) is 1.56. The summed E-state index contributed by atoms with van der Waals surface area (Å²) >= 11 is 0. The van der Waals surface area contributed by atoms with Crippen molar-refractivity contribution in [1.82, 2.24) is 0 Å². The van der Waals surface area contributed by atoms with Crippen LogP contribution < -0.4 is 9.47 Å². The van der Waals surface area contributed by atoms with E-state index in [9.17, 15) is 4.79 Å². The van der Waals surface area contributed by atoms with Gasteiger partial charge in [0.2, 0.25) is 0 Å². The van der Waals surface area contributed by atoms with Crippen molar-refractivity contribution >= 4 is 5.97 Å². The van der Waals surface area contributed by atoms with Gasteiger partial charge in [-0.25, -0.2) is 4.79 Å². The lowest BCUT2D eigenvalue weighted by atomic mass is 10.1. The first-order valence-electron chi connectivity index (χ1n) is 5.24. The Morgan fingerprint density at radius 2 is 2.38 bits per heavy atom. The average molecular weight is 222 g/mol. The second kappa shape index (κ2) is 4.43. The van der Waals surface area contributed by atoms with E-state index in [1.807, 2.05) is 25.1 Å². The van der Waals surface area contributed by atoms with Crippen LogP contribution in [0.25, 0.3) is 0 Å². The standard InChI is InChI=1S/C12H14O4/c1-3-15-9-5-4-8-6-11(12(13)14-2)16-10(8)7-9/h4-5,7,11H,3,6H2,1-2H3. The lowest BCUT2D eigenvalue weighted by Crippen LogP contribution is -2.26. The Balaban J connectivity index is 2.15. The molecule has 1 heterocycles. The van der Waals surface area contributed by atoms with Gasteiger partial charge in [-0.15, -0.1) is 0 Å². The van der Waals surface area contributed by atoms with Crippen molar-refractivity contribution in [1.29, 1.82) is 0 Å². The molecule has 1 atom stereocenters. The zero-order valence-corrected chi connectivity index (χ0v) is 9.36. The average Bonchev–Trinajstić information content (AvgIpc) is 2.71. The van der Waals surface area contributed by atoms with Crippen LogP contribution in [0.15, 0.2) is 18.2 Å². The summed E-state index contributed by atoms with van der Waals surface area (Å²) in [6.45, 7) is 2.53. The number of benzene rings is 1. The summed E-state index contributed by atoms with van der Waals surface area (Å²) in [7, 11) is 1.36. The summed E-state index contributed by atoms with van der Waals surface area (Å²) in [6.07, 6.45) is 0.0471. The Kier molecular flexibility index (Phi) is 2.99. The van der Waals surface area contributed by atoms with Gasteiger partial charge in [0, 0.05) is 12.5 Å². The van der Waals surface area contributed by atoms with Gasteiger partial charge in [-0.3, -0.25) is 0 Å². The Morgan fingerprint density at radius 3 is 3.06 bits per heavy atom. The third-order valence-corrected chi connectivity index (χ3v) is 2.49. The van der Waals surface area contributed by atoms with Crippen LogP contribution in [0, 0.1) is 0 Å². The fourth-order valence-electron chi connectivity index (χ4n) is 1.73. The number of hydrogen-bond donors (Lipinski definition) is 0. The van der Waals surface area contributed by atoms with Gasteiger partial charge in [0.05, 0.1) is 13.7 Å². The van der Waals surface area contributed by atoms with E-state index in [1.54, 1.807) is 0 Å². The highest BCUT2D eigenvalue weighted by molar-refractivity contribution is 5.76. The van der Waals surface area contributed by atoms with E-state index < -0.39 is 6.10 Å². The molecule has 0 saturated heterocycles. The molecule has 0 radical (unpaired) electrons. The molecule has 2 rings (SSSR count). The summed E-state index contributed by atoms with van der Waals surface area (Å²) in [4.78, 5) is 11.3. The molecule has 0 spiro atoms. The summed E-state index contributed by atoms with van der Waals surface area (Å²) in [5.74, 6) is 1.13. The molecule has 0 aromatic heterocycles. The van der Waals surface area contributed by atoms with E-state index >= 15 is 0 Å². The van der Waals surface area contributed by atoms with Crippen LogP contribution in [0.4, 0.5) is 0 Å². The Bertz CT molecular complexity index is 400. The lowest BCUT2D eigenvalue weighted by molar-refractivity contribution is -0.147. The zero-order valence-electron chi connectivity index (χ0n) is 9.36. The van der Waals surface area contributed by atoms with Crippen molar-refractivity contribution < 1.29 is 19.0 Å². The minimum atomic E-state index is -0.517. The van der Waals surface area contributed by atoms with Gasteiger partial charge in [0.25, 0.3) is 0 Å². The number of methoxy groups -OCH3 is 1. The molecule has 0 amide bonds. The summed E-state index contributed by atoms with van der Waals surface area (Å²) in [6, 6.07) is 5.61. The van der Waals surface area contributed by atoms with Gasteiger partial charge in [-0.2, -0.15) is 0 Å². The monoisotopic (exact) mass is 222 g/mol. The minimum absolute atomic E-state index is 0.339. The second-order valence-electron chi connectivity index (χ2n) is 3.54. The van der Waals surface area contributed by atoms with E-state index in [2.05, 4.69) is 4.74 Å². The SMILES string of the molecule is CCOc1ccc2c(c1)OC(C(=O)OC)C2. The number of esters is 1. The van der Waals surface area contributed by atoms with E-state index in [1.165, 1.54) is 7.11 Å². The number of ether oxygens (including phenoxy) is 3. The molecule has 0 fully saturated rings. The third-order valence-electron chi connectivity index (χ3n) is 2.49. The number of carbonyl (C=O) groups excluding carboxylic acids is 1. The topological polar surface area (TPSA) is 44.8 Å². The molecule has 0 saturated carbocycles. The quantitative estimate of drug-likeness (QED) is 0.728. The van der Waals surface area contributed by atoms with Crippen molar-refractivity contribution in [2.24, 2.45) is 0 Å². The summed E-state index contributed by atoms with van der Waals surface area (Å²) < 4.78 is 15.5. The summed E-state index contributed by atoms with van der Waals surface area (Å²) in [5.41, 5.74) is 1.01. The molecule has 0 aliphatic carbocycles. The van der Waals surface area contributed by atoms with Crippen molar-refractivity contribution in [3.63, 3.8) is 0 Å². The molecule has 86 valence electrons. The normalized spacial score (nSPS) is 17.5. The number of fused-ring (bicyclic) bond motifs is 1. The van der Waals surface area contributed by atoms with Gasteiger partial charge in [-0.05, 0) is 18.6 Å². The lowest BCUT2D eigenvalue weighted by Gasteiger charge is -2.07. The molecule has 0 bridgehead atoms. The van der Waals surface area contributed by atoms with Crippen molar-refractivity contribution in [2.75, 3.05) is 13.7 Å². The Hall–Kier alpha value is -1.71. The van der Waals surface area contributed by atoms with Gasteiger partial charge < -0.3 is 14.2 Å². The van der Waals surface area contributed by atoms with Crippen molar-refractivity contribution in [3.8, 4) is 11.5 Å². The second-order valence-corrected chi connectivity index (χ2v) is 3.54.